The lowest BCUT2D eigenvalue weighted by atomic mass is 10.1. The van der Waals surface area contributed by atoms with E-state index in [2.05, 4.69) is 5.10 Å². The Bertz CT molecular complexity index is 1300. The van der Waals surface area contributed by atoms with Gasteiger partial charge in [0, 0.05) is 5.56 Å². The van der Waals surface area contributed by atoms with Crippen LogP contribution in [0.15, 0.2) is 77.4 Å². The molecule has 1 heterocycles. The van der Waals surface area contributed by atoms with Crippen molar-refractivity contribution in [3.63, 3.8) is 0 Å². The minimum Gasteiger partial charge on any atom is -0.493 e. The predicted octanol–water partition coefficient (Wildman–Crippen LogP) is 5.51. The van der Waals surface area contributed by atoms with E-state index >= 15 is 0 Å². The average Bonchev–Trinajstić information content (AvgIpc) is 3.12. The van der Waals surface area contributed by atoms with E-state index in [0.717, 1.165) is 10.6 Å². The number of carbonyl (C=O) groups excluding carboxylic acids is 2. The van der Waals surface area contributed by atoms with Gasteiger partial charge in [-0.25, -0.2) is 4.39 Å². The molecule has 34 heavy (non-hydrogen) atoms. The van der Waals surface area contributed by atoms with Gasteiger partial charge in [0.2, 0.25) is 0 Å². The maximum absolute atomic E-state index is 13.1. The Kier molecular flexibility index (Phi) is 6.75. The second kappa shape index (κ2) is 9.89. The smallest absolute Gasteiger partial charge is 0.283 e. The molecule has 0 bridgehead atoms. The lowest BCUT2D eigenvalue weighted by Crippen LogP contribution is -2.29. The molecule has 0 N–H and O–H groups in total. The van der Waals surface area contributed by atoms with Gasteiger partial charge < -0.3 is 9.47 Å². The zero-order chi connectivity index (χ0) is 24.2. The Balaban J connectivity index is 1.57. The first kappa shape index (κ1) is 23.2. The van der Waals surface area contributed by atoms with E-state index in [-0.39, 0.29) is 23.0 Å². The highest BCUT2D eigenvalue weighted by atomic mass is 35.5. The molecule has 0 aliphatic carbocycles. The number of hydrogen-bond donors (Lipinski definition) is 0. The van der Waals surface area contributed by atoms with E-state index in [1.165, 1.54) is 19.2 Å². The molecule has 172 valence electrons. The molecule has 0 unspecified atom stereocenters. The predicted molar refractivity (Wildman–Crippen MR) is 127 cm³/mol. The molecule has 0 spiro atoms. The summed E-state index contributed by atoms with van der Waals surface area (Å²) in [7, 11) is 1.47. The van der Waals surface area contributed by atoms with Gasteiger partial charge >= 0.3 is 0 Å². The Morgan fingerprint density at radius 2 is 1.82 bits per heavy atom. The average molecular weight is 479 g/mol. The molecule has 8 heteroatoms. The summed E-state index contributed by atoms with van der Waals surface area (Å²) in [5.41, 5.74) is 2.37. The fraction of sp³-hybridized carbons (Fsp3) is 0.115. The zero-order valence-electron chi connectivity index (χ0n) is 18.4. The Labute approximate surface area is 200 Å². The van der Waals surface area contributed by atoms with Crippen LogP contribution in [0.2, 0.25) is 5.02 Å². The van der Waals surface area contributed by atoms with Crippen LogP contribution in [-0.2, 0) is 11.4 Å². The van der Waals surface area contributed by atoms with Gasteiger partial charge in [-0.3, -0.25) is 9.59 Å². The summed E-state index contributed by atoms with van der Waals surface area (Å²) in [6, 6.07) is 17.7. The molecular weight excluding hydrogens is 459 g/mol. The normalized spacial score (nSPS) is 14.4. The number of benzene rings is 3. The van der Waals surface area contributed by atoms with Gasteiger partial charge in [-0.15, -0.1) is 0 Å². The van der Waals surface area contributed by atoms with Crippen molar-refractivity contribution >= 4 is 35.2 Å². The molecule has 0 aromatic heterocycles. The maximum atomic E-state index is 13.1. The third-order valence-electron chi connectivity index (χ3n) is 5.13. The van der Waals surface area contributed by atoms with Gasteiger partial charge in [0.25, 0.3) is 11.8 Å². The number of hydrogen-bond acceptors (Lipinski definition) is 5. The van der Waals surface area contributed by atoms with Crippen LogP contribution in [0.3, 0.4) is 0 Å². The van der Waals surface area contributed by atoms with Gasteiger partial charge in [-0.05, 0) is 60.5 Å². The van der Waals surface area contributed by atoms with E-state index in [9.17, 15) is 14.0 Å². The number of hydrazone groups is 1. The Morgan fingerprint density at radius 3 is 2.50 bits per heavy atom. The highest BCUT2D eigenvalue weighted by molar-refractivity contribution is 6.33. The van der Waals surface area contributed by atoms with Gasteiger partial charge in [-0.1, -0.05) is 41.9 Å². The largest absolute Gasteiger partial charge is 0.493 e. The molecule has 0 fully saturated rings. The number of methoxy groups -OCH3 is 1. The van der Waals surface area contributed by atoms with Gasteiger partial charge in [-0.2, -0.15) is 10.1 Å². The topological polar surface area (TPSA) is 68.2 Å². The summed E-state index contributed by atoms with van der Waals surface area (Å²) in [6.45, 7) is 1.82. The van der Waals surface area contributed by atoms with Crippen molar-refractivity contribution in [1.82, 2.24) is 5.01 Å². The van der Waals surface area contributed by atoms with Crippen LogP contribution in [0.1, 0.15) is 28.4 Å². The first-order valence-corrected chi connectivity index (χ1v) is 10.7. The van der Waals surface area contributed by atoms with Crippen molar-refractivity contribution < 1.29 is 23.5 Å². The van der Waals surface area contributed by atoms with Gasteiger partial charge in [0.1, 0.15) is 12.4 Å². The summed E-state index contributed by atoms with van der Waals surface area (Å²) in [4.78, 5) is 25.6. The third-order valence-corrected chi connectivity index (χ3v) is 5.42. The van der Waals surface area contributed by atoms with E-state index in [1.54, 1.807) is 67.6 Å². The molecule has 0 saturated heterocycles. The molecular formula is C26H20ClFN2O4. The lowest BCUT2D eigenvalue weighted by Gasteiger charge is -2.14. The molecule has 1 aliphatic heterocycles. The zero-order valence-corrected chi connectivity index (χ0v) is 19.2. The number of carbonyl (C=O) groups is 2. The summed E-state index contributed by atoms with van der Waals surface area (Å²) >= 11 is 6.45. The van der Waals surface area contributed by atoms with Crippen molar-refractivity contribution in [3.05, 3.63) is 99.8 Å². The van der Waals surface area contributed by atoms with Crippen LogP contribution in [0, 0.1) is 5.82 Å². The molecule has 6 nitrogen and oxygen atoms in total. The van der Waals surface area contributed by atoms with Crippen molar-refractivity contribution in [2.24, 2.45) is 5.10 Å². The van der Waals surface area contributed by atoms with Crippen LogP contribution in [0.4, 0.5) is 4.39 Å². The number of rotatable bonds is 6. The summed E-state index contributed by atoms with van der Waals surface area (Å²) in [5, 5.41) is 5.27. The van der Waals surface area contributed by atoms with Crippen molar-refractivity contribution in [3.8, 4) is 11.5 Å². The number of halogens is 2. The summed E-state index contributed by atoms with van der Waals surface area (Å²) in [6.07, 6.45) is 1.59. The number of nitrogens with zero attached hydrogens (tertiary/aromatic N) is 2. The van der Waals surface area contributed by atoms with E-state index < -0.39 is 11.8 Å². The Morgan fingerprint density at radius 1 is 1.12 bits per heavy atom. The lowest BCUT2D eigenvalue weighted by molar-refractivity contribution is -0.123. The van der Waals surface area contributed by atoms with Crippen LogP contribution in [0.25, 0.3) is 6.08 Å². The molecule has 0 saturated carbocycles. The van der Waals surface area contributed by atoms with Gasteiger partial charge in [0.15, 0.2) is 11.5 Å². The van der Waals surface area contributed by atoms with E-state index in [0.29, 0.717) is 28.3 Å². The highest BCUT2D eigenvalue weighted by Gasteiger charge is 2.33. The molecule has 0 radical (unpaired) electrons. The van der Waals surface area contributed by atoms with Gasteiger partial charge in [0.05, 0.1) is 23.4 Å². The van der Waals surface area contributed by atoms with Crippen LogP contribution in [-0.4, -0.2) is 29.6 Å². The minimum atomic E-state index is -0.530. The molecule has 2 amide bonds. The van der Waals surface area contributed by atoms with E-state index in [4.69, 9.17) is 21.1 Å². The SMILES string of the molecule is COc1cc(/C=C2/C(=O)N(C(=O)c3ccccc3)N=C2C)cc(Cl)c1OCc1ccc(F)cc1. The standard InChI is InChI=1S/C26H20ClFN2O4/c1-16-21(26(32)30(29-16)25(31)19-6-4-3-5-7-19)12-18-13-22(27)24(23(14-18)33-2)34-15-17-8-10-20(28)11-9-17/h3-14H,15H2,1-2H3/b21-12+. The highest BCUT2D eigenvalue weighted by Crippen LogP contribution is 2.38. The van der Waals surface area contributed by atoms with Crippen LogP contribution in [0.5, 0.6) is 11.5 Å². The number of amides is 2. The third kappa shape index (κ3) is 4.84. The van der Waals surface area contributed by atoms with Crippen molar-refractivity contribution in [2.75, 3.05) is 7.11 Å². The monoisotopic (exact) mass is 478 g/mol. The first-order valence-electron chi connectivity index (χ1n) is 10.3. The van der Waals surface area contributed by atoms with Crippen molar-refractivity contribution in [1.29, 1.82) is 0 Å². The first-order chi connectivity index (χ1) is 16.4. The molecule has 3 aromatic rings. The second-order valence-corrected chi connectivity index (χ2v) is 7.89. The molecule has 4 rings (SSSR count). The fourth-order valence-electron chi connectivity index (χ4n) is 3.39. The second-order valence-electron chi connectivity index (χ2n) is 7.48. The maximum Gasteiger partial charge on any atom is 0.283 e. The van der Waals surface area contributed by atoms with E-state index in [1.807, 2.05) is 0 Å². The quantitative estimate of drug-likeness (QED) is 0.346. The van der Waals surface area contributed by atoms with Crippen LogP contribution < -0.4 is 9.47 Å². The number of ether oxygens (including phenoxy) is 2. The molecule has 1 aliphatic rings. The Hall–Kier alpha value is -3.97. The minimum absolute atomic E-state index is 0.164. The number of imide groups is 1. The van der Waals surface area contributed by atoms with Crippen LogP contribution >= 0.6 is 11.6 Å². The van der Waals surface area contributed by atoms with Crippen molar-refractivity contribution in [2.45, 2.75) is 13.5 Å². The summed E-state index contributed by atoms with van der Waals surface area (Å²) in [5.74, 6) is -0.689. The molecule has 3 aromatic carbocycles. The molecule has 0 atom stereocenters. The fourth-order valence-corrected chi connectivity index (χ4v) is 3.66. The summed E-state index contributed by atoms with van der Waals surface area (Å²) < 4.78 is 24.3.